The third kappa shape index (κ3) is 7.88. The van der Waals surface area contributed by atoms with Gasteiger partial charge < -0.3 is 36.9 Å². The van der Waals surface area contributed by atoms with E-state index in [9.17, 15) is 29.4 Å². The Labute approximate surface area is 226 Å². The van der Waals surface area contributed by atoms with Crippen LogP contribution >= 0.6 is 0 Å². The van der Waals surface area contributed by atoms with E-state index in [1.807, 2.05) is 42.5 Å². The predicted molar refractivity (Wildman–Crippen MR) is 145 cm³/mol. The molecule has 39 heavy (non-hydrogen) atoms. The fourth-order valence-corrected chi connectivity index (χ4v) is 4.09. The molecule has 208 valence electrons. The third-order valence-corrected chi connectivity index (χ3v) is 6.47. The summed E-state index contributed by atoms with van der Waals surface area (Å²) < 4.78 is 0. The summed E-state index contributed by atoms with van der Waals surface area (Å²) >= 11 is 0. The van der Waals surface area contributed by atoms with E-state index in [4.69, 9.17) is 5.73 Å². The molecular weight excluding hydrogens is 502 g/mol. The molecule has 3 rings (SSSR count). The van der Waals surface area contributed by atoms with Crippen LogP contribution in [0, 0.1) is 5.92 Å². The lowest BCUT2D eigenvalue weighted by Gasteiger charge is -2.25. The SMILES string of the molecule is CC(C)C(N)C(=O)NC(Cc1ccccc1)C(=O)NC(Cc1c[nH]c2ccccc12)C(=O)NC(CO)C(=O)O. The van der Waals surface area contributed by atoms with Gasteiger partial charge in [-0.25, -0.2) is 4.79 Å². The van der Waals surface area contributed by atoms with Gasteiger partial charge in [0.15, 0.2) is 0 Å². The smallest absolute Gasteiger partial charge is 0.328 e. The molecule has 11 nitrogen and oxygen atoms in total. The first-order chi connectivity index (χ1) is 18.6. The molecular formula is C28H35N5O6. The molecule has 2 aromatic carbocycles. The van der Waals surface area contributed by atoms with Crippen LogP contribution < -0.4 is 21.7 Å². The van der Waals surface area contributed by atoms with Crippen molar-refractivity contribution in [2.24, 2.45) is 11.7 Å². The van der Waals surface area contributed by atoms with Gasteiger partial charge in [-0.05, 0) is 23.1 Å². The number of carbonyl (C=O) groups is 4. The van der Waals surface area contributed by atoms with E-state index in [-0.39, 0.29) is 18.8 Å². The van der Waals surface area contributed by atoms with E-state index >= 15 is 0 Å². The molecule has 3 aromatic rings. The lowest BCUT2D eigenvalue weighted by molar-refractivity contribution is -0.143. The number of para-hydroxylation sites is 1. The zero-order valence-electron chi connectivity index (χ0n) is 21.9. The van der Waals surface area contributed by atoms with Crippen LogP contribution in [0.2, 0.25) is 0 Å². The Kier molecular flexibility index (Phi) is 10.2. The van der Waals surface area contributed by atoms with Crippen LogP contribution in [0.3, 0.4) is 0 Å². The number of carbonyl (C=O) groups excluding carboxylic acids is 3. The minimum atomic E-state index is -1.55. The summed E-state index contributed by atoms with van der Waals surface area (Å²) in [6.07, 6.45) is 1.87. The Hall–Kier alpha value is -4.22. The standard InChI is InChI=1S/C28H35N5O6/c1-16(2)24(29)27(37)32-21(12-17-8-4-3-5-9-17)25(35)31-22(26(36)33-23(15-34)28(38)39)13-18-14-30-20-11-7-6-10-19(18)20/h3-11,14,16,21-24,30,34H,12-13,15,29H2,1-2H3,(H,31,35)(H,32,37)(H,33,36)(H,38,39). The fourth-order valence-electron chi connectivity index (χ4n) is 4.09. The number of aliphatic hydroxyl groups excluding tert-OH is 1. The maximum atomic E-state index is 13.6. The number of aromatic amines is 1. The average molecular weight is 538 g/mol. The van der Waals surface area contributed by atoms with E-state index in [0.717, 1.165) is 16.5 Å². The maximum Gasteiger partial charge on any atom is 0.328 e. The van der Waals surface area contributed by atoms with Crippen molar-refractivity contribution in [1.82, 2.24) is 20.9 Å². The van der Waals surface area contributed by atoms with Crippen LogP contribution in [-0.2, 0) is 32.0 Å². The Morgan fingerprint density at radius 3 is 2.00 bits per heavy atom. The summed E-state index contributed by atoms with van der Waals surface area (Å²) in [5, 5.41) is 27.2. The molecule has 0 bridgehead atoms. The molecule has 0 fully saturated rings. The molecule has 4 unspecified atom stereocenters. The van der Waals surface area contributed by atoms with Gasteiger partial charge in [-0.3, -0.25) is 14.4 Å². The van der Waals surface area contributed by atoms with Gasteiger partial charge in [0.2, 0.25) is 17.7 Å². The number of aromatic nitrogens is 1. The number of fused-ring (bicyclic) bond motifs is 1. The Morgan fingerprint density at radius 2 is 1.38 bits per heavy atom. The number of hydrogen-bond donors (Lipinski definition) is 7. The summed E-state index contributed by atoms with van der Waals surface area (Å²) in [6, 6.07) is 11.8. The highest BCUT2D eigenvalue weighted by molar-refractivity contribution is 5.95. The van der Waals surface area contributed by atoms with Crippen LogP contribution in [0.5, 0.6) is 0 Å². The van der Waals surface area contributed by atoms with Crippen molar-refractivity contribution >= 4 is 34.6 Å². The van der Waals surface area contributed by atoms with Gasteiger partial charge in [0.1, 0.15) is 18.1 Å². The second-order valence-electron chi connectivity index (χ2n) is 9.73. The molecule has 4 atom stereocenters. The molecule has 0 saturated carbocycles. The lowest BCUT2D eigenvalue weighted by Crippen LogP contribution is -2.58. The van der Waals surface area contributed by atoms with E-state index in [1.165, 1.54) is 0 Å². The largest absolute Gasteiger partial charge is 0.480 e. The van der Waals surface area contributed by atoms with Crippen molar-refractivity contribution in [2.45, 2.75) is 50.9 Å². The Balaban J connectivity index is 1.89. The van der Waals surface area contributed by atoms with E-state index in [2.05, 4.69) is 20.9 Å². The van der Waals surface area contributed by atoms with Gasteiger partial charge >= 0.3 is 5.97 Å². The van der Waals surface area contributed by atoms with Crippen molar-refractivity contribution in [3.8, 4) is 0 Å². The predicted octanol–water partition coefficient (Wildman–Crippen LogP) is 0.468. The summed E-state index contributed by atoms with van der Waals surface area (Å²) in [6.45, 7) is 2.75. The molecule has 0 aliphatic rings. The van der Waals surface area contributed by atoms with Crippen LogP contribution in [0.15, 0.2) is 60.8 Å². The van der Waals surface area contributed by atoms with Crippen molar-refractivity contribution in [3.63, 3.8) is 0 Å². The Bertz CT molecular complexity index is 1290. The highest BCUT2D eigenvalue weighted by atomic mass is 16.4. The van der Waals surface area contributed by atoms with Crippen molar-refractivity contribution in [1.29, 1.82) is 0 Å². The maximum absolute atomic E-state index is 13.6. The minimum Gasteiger partial charge on any atom is -0.480 e. The number of rotatable bonds is 13. The van der Waals surface area contributed by atoms with Crippen molar-refractivity contribution < 1.29 is 29.4 Å². The topological polar surface area (TPSA) is 187 Å². The Morgan fingerprint density at radius 1 is 0.821 bits per heavy atom. The quantitative estimate of drug-likeness (QED) is 0.165. The highest BCUT2D eigenvalue weighted by Crippen LogP contribution is 2.19. The van der Waals surface area contributed by atoms with Gasteiger partial charge in [-0.1, -0.05) is 62.4 Å². The zero-order valence-corrected chi connectivity index (χ0v) is 21.9. The van der Waals surface area contributed by atoms with Crippen molar-refractivity contribution in [2.75, 3.05) is 6.61 Å². The van der Waals surface area contributed by atoms with Gasteiger partial charge in [0, 0.05) is 29.9 Å². The molecule has 0 aliphatic heterocycles. The average Bonchev–Trinajstić information content (AvgIpc) is 3.33. The van der Waals surface area contributed by atoms with Gasteiger partial charge in [-0.15, -0.1) is 0 Å². The number of H-pyrrole nitrogens is 1. The molecule has 11 heteroatoms. The monoisotopic (exact) mass is 537 g/mol. The lowest BCUT2D eigenvalue weighted by atomic mass is 10.0. The third-order valence-electron chi connectivity index (χ3n) is 6.47. The number of nitrogens with one attached hydrogen (secondary N) is 4. The number of amides is 3. The van der Waals surface area contributed by atoms with E-state index in [0.29, 0.717) is 5.56 Å². The molecule has 0 saturated heterocycles. The van der Waals surface area contributed by atoms with Crippen molar-refractivity contribution in [3.05, 3.63) is 71.9 Å². The first-order valence-electron chi connectivity index (χ1n) is 12.7. The van der Waals surface area contributed by atoms with Gasteiger partial charge in [-0.2, -0.15) is 0 Å². The van der Waals surface area contributed by atoms with E-state index in [1.54, 1.807) is 32.2 Å². The number of carboxylic acid groups (broad SMARTS) is 1. The number of carboxylic acids is 1. The van der Waals surface area contributed by atoms with Crippen LogP contribution in [-0.4, -0.2) is 69.7 Å². The normalized spacial score (nSPS) is 14.3. The first kappa shape index (κ1) is 29.3. The number of hydrogen-bond acceptors (Lipinski definition) is 6. The van der Waals surface area contributed by atoms with Gasteiger partial charge in [0.05, 0.1) is 12.6 Å². The second-order valence-corrected chi connectivity index (χ2v) is 9.73. The minimum absolute atomic E-state index is 0.0247. The highest BCUT2D eigenvalue weighted by Gasteiger charge is 2.31. The fraction of sp³-hybridized carbons (Fsp3) is 0.357. The van der Waals surface area contributed by atoms with Crippen LogP contribution in [0.1, 0.15) is 25.0 Å². The molecule has 3 amide bonds. The first-order valence-corrected chi connectivity index (χ1v) is 12.7. The number of aliphatic carboxylic acids is 1. The number of benzene rings is 2. The zero-order chi connectivity index (χ0) is 28.5. The molecule has 0 radical (unpaired) electrons. The summed E-state index contributed by atoms with van der Waals surface area (Å²) in [7, 11) is 0. The number of aliphatic hydroxyl groups is 1. The molecule has 8 N–H and O–H groups in total. The summed E-state index contributed by atoms with van der Waals surface area (Å²) in [5.74, 6) is -3.53. The molecule has 0 aliphatic carbocycles. The summed E-state index contributed by atoms with van der Waals surface area (Å²) in [5.41, 5.74) is 8.32. The molecule has 0 spiro atoms. The molecule has 1 heterocycles. The van der Waals surface area contributed by atoms with Crippen LogP contribution in [0.4, 0.5) is 0 Å². The molecule has 1 aromatic heterocycles. The second kappa shape index (κ2) is 13.5. The summed E-state index contributed by atoms with van der Waals surface area (Å²) in [4.78, 5) is 54.1. The number of nitrogens with two attached hydrogens (primary N) is 1. The van der Waals surface area contributed by atoms with Gasteiger partial charge in [0.25, 0.3) is 0 Å². The van der Waals surface area contributed by atoms with E-state index < -0.39 is 54.5 Å². The van der Waals surface area contributed by atoms with Crippen LogP contribution in [0.25, 0.3) is 10.9 Å².